The van der Waals surface area contributed by atoms with Crippen LogP contribution in [0.2, 0.25) is 0 Å². The number of aryl methyl sites for hydroxylation is 1. The Morgan fingerprint density at radius 2 is 1.33 bits per heavy atom. The first-order valence-corrected chi connectivity index (χ1v) is 18.4. The van der Waals surface area contributed by atoms with Gasteiger partial charge in [-0.15, -0.1) is 0 Å². The second-order valence-corrected chi connectivity index (χ2v) is 16.0. The van der Waals surface area contributed by atoms with Crippen molar-refractivity contribution in [3.8, 4) is 5.75 Å². The summed E-state index contributed by atoms with van der Waals surface area (Å²) in [5.41, 5.74) is 1.25. The number of hydrogen-bond acceptors (Lipinski definition) is 8. The summed E-state index contributed by atoms with van der Waals surface area (Å²) in [6.45, 7) is 0.929. The molecular formula is C31H32N4O8S3. The number of amides is 1. The Morgan fingerprint density at radius 1 is 0.739 bits per heavy atom. The number of nitrogens with one attached hydrogen (secondary N) is 2. The summed E-state index contributed by atoms with van der Waals surface area (Å²) < 4.78 is 90.2. The monoisotopic (exact) mass is 684 g/mol. The lowest BCUT2D eigenvalue weighted by atomic mass is 10.2. The van der Waals surface area contributed by atoms with Gasteiger partial charge < -0.3 is 10.1 Å². The number of anilines is 2. The molecule has 5 rings (SSSR count). The van der Waals surface area contributed by atoms with Crippen LogP contribution in [0.15, 0.2) is 118 Å². The lowest BCUT2D eigenvalue weighted by Gasteiger charge is -2.38. The Hall–Kier alpha value is -4.28. The van der Waals surface area contributed by atoms with Crippen molar-refractivity contribution in [2.45, 2.75) is 27.7 Å². The average Bonchev–Trinajstić information content (AvgIpc) is 3.05. The molecule has 4 aromatic carbocycles. The molecule has 0 saturated carbocycles. The van der Waals surface area contributed by atoms with E-state index in [1.54, 1.807) is 54.6 Å². The van der Waals surface area contributed by atoms with Gasteiger partial charge in [-0.05, 0) is 73.2 Å². The lowest BCUT2D eigenvalue weighted by Crippen LogP contribution is -2.60. The summed E-state index contributed by atoms with van der Waals surface area (Å²) in [4.78, 5) is 13.6. The minimum Gasteiger partial charge on any atom is -0.495 e. The van der Waals surface area contributed by atoms with E-state index >= 15 is 0 Å². The Bertz CT molecular complexity index is 2040. The molecule has 0 bridgehead atoms. The number of methoxy groups -OCH3 is 1. The van der Waals surface area contributed by atoms with Crippen molar-refractivity contribution in [2.24, 2.45) is 0 Å². The third-order valence-electron chi connectivity index (χ3n) is 7.36. The normalized spacial score (nSPS) is 16.4. The van der Waals surface area contributed by atoms with Crippen molar-refractivity contribution < 1.29 is 34.8 Å². The summed E-state index contributed by atoms with van der Waals surface area (Å²) >= 11 is 0. The Morgan fingerprint density at radius 3 is 1.91 bits per heavy atom. The van der Waals surface area contributed by atoms with Gasteiger partial charge in [0.25, 0.3) is 10.0 Å². The maximum absolute atomic E-state index is 13.7. The van der Waals surface area contributed by atoms with Gasteiger partial charge in [-0.25, -0.2) is 25.3 Å². The highest BCUT2D eigenvalue weighted by Gasteiger charge is 2.43. The molecule has 46 heavy (non-hydrogen) atoms. The zero-order chi connectivity index (χ0) is 33.1. The van der Waals surface area contributed by atoms with Crippen molar-refractivity contribution >= 4 is 47.4 Å². The van der Waals surface area contributed by atoms with Gasteiger partial charge in [0.2, 0.25) is 26.0 Å². The first-order valence-electron chi connectivity index (χ1n) is 14.0. The van der Waals surface area contributed by atoms with Gasteiger partial charge in [0.15, 0.2) is 0 Å². The molecule has 12 nitrogen and oxygen atoms in total. The number of rotatable bonds is 10. The first kappa shape index (κ1) is 33.1. The summed E-state index contributed by atoms with van der Waals surface area (Å²) in [5.74, 6) is -0.449. The molecular weight excluding hydrogens is 653 g/mol. The van der Waals surface area contributed by atoms with E-state index in [1.807, 2.05) is 6.92 Å². The van der Waals surface area contributed by atoms with E-state index in [0.29, 0.717) is 5.75 Å². The van der Waals surface area contributed by atoms with Crippen LogP contribution >= 0.6 is 0 Å². The highest BCUT2D eigenvalue weighted by Crippen LogP contribution is 2.29. The van der Waals surface area contributed by atoms with E-state index in [0.717, 1.165) is 14.2 Å². The van der Waals surface area contributed by atoms with Crippen molar-refractivity contribution in [3.63, 3.8) is 0 Å². The van der Waals surface area contributed by atoms with Gasteiger partial charge in [-0.2, -0.15) is 8.61 Å². The molecule has 1 amide bonds. The first-order chi connectivity index (χ1) is 21.8. The number of carbonyl (C=O) groups is 1. The van der Waals surface area contributed by atoms with Crippen molar-refractivity contribution in [2.75, 3.05) is 36.8 Å². The number of ether oxygens (including phenoxy) is 1. The van der Waals surface area contributed by atoms with Crippen LogP contribution in [0.1, 0.15) is 5.56 Å². The minimum absolute atomic E-state index is 0.0159. The SMILES string of the molecule is COc1ccc(C)cc1NS(=O)(=O)c1ccc(NC(=O)[C@@H]2CN(S(=O)(=O)c3ccccc3)CCN2S(=O)(=O)c2ccccc2)cc1. The van der Waals surface area contributed by atoms with Crippen LogP contribution in [0, 0.1) is 6.92 Å². The fourth-order valence-electron chi connectivity index (χ4n) is 4.98. The lowest BCUT2D eigenvalue weighted by molar-refractivity contribution is -0.120. The second kappa shape index (κ2) is 13.2. The van der Waals surface area contributed by atoms with E-state index < -0.39 is 48.6 Å². The highest BCUT2D eigenvalue weighted by molar-refractivity contribution is 7.92. The largest absolute Gasteiger partial charge is 0.495 e. The van der Waals surface area contributed by atoms with Gasteiger partial charge >= 0.3 is 0 Å². The zero-order valence-corrected chi connectivity index (χ0v) is 27.3. The quantitative estimate of drug-likeness (QED) is 0.257. The summed E-state index contributed by atoms with van der Waals surface area (Å²) in [5, 5.41) is 2.63. The van der Waals surface area contributed by atoms with Crippen LogP contribution in [0.3, 0.4) is 0 Å². The average molecular weight is 685 g/mol. The second-order valence-electron chi connectivity index (χ2n) is 10.4. The molecule has 0 spiro atoms. The molecule has 1 aliphatic heterocycles. The van der Waals surface area contributed by atoms with Crippen molar-refractivity contribution in [3.05, 3.63) is 109 Å². The minimum atomic E-state index is -4.19. The molecule has 242 valence electrons. The summed E-state index contributed by atoms with van der Waals surface area (Å²) in [6.07, 6.45) is 0. The van der Waals surface area contributed by atoms with Crippen LogP contribution in [0.4, 0.5) is 11.4 Å². The molecule has 1 heterocycles. The van der Waals surface area contributed by atoms with Crippen molar-refractivity contribution in [1.29, 1.82) is 0 Å². The number of carbonyl (C=O) groups excluding carboxylic acids is 1. The molecule has 2 N–H and O–H groups in total. The van der Waals surface area contributed by atoms with E-state index in [-0.39, 0.29) is 39.2 Å². The third kappa shape index (κ3) is 6.93. The van der Waals surface area contributed by atoms with Crippen LogP contribution in [0.5, 0.6) is 5.75 Å². The van der Waals surface area contributed by atoms with Crippen LogP contribution in [-0.2, 0) is 34.9 Å². The van der Waals surface area contributed by atoms with Crippen LogP contribution in [-0.4, -0.2) is 72.6 Å². The fourth-order valence-corrected chi connectivity index (χ4v) is 9.09. The molecule has 0 radical (unpaired) electrons. The Kier molecular flexibility index (Phi) is 9.51. The topological polar surface area (TPSA) is 159 Å². The van der Waals surface area contributed by atoms with Crippen molar-refractivity contribution in [1.82, 2.24) is 8.61 Å². The van der Waals surface area contributed by atoms with E-state index in [9.17, 15) is 30.0 Å². The molecule has 15 heteroatoms. The van der Waals surface area contributed by atoms with Crippen LogP contribution in [0.25, 0.3) is 0 Å². The number of nitrogens with zero attached hydrogens (tertiary/aromatic N) is 2. The number of benzene rings is 4. The van der Waals surface area contributed by atoms with Gasteiger partial charge in [0.05, 0.1) is 27.5 Å². The van der Waals surface area contributed by atoms with Gasteiger partial charge in [0, 0.05) is 25.3 Å². The van der Waals surface area contributed by atoms with E-state index in [1.165, 1.54) is 55.6 Å². The molecule has 0 unspecified atom stereocenters. The summed E-state index contributed by atoms with van der Waals surface area (Å²) in [6, 6.07) is 24.1. The van der Waals surface area contributed by atoms with Gasteiger partial charge in [0.1, 0.15) is 11.8 Å². The van der Waals surface area contributed by atoms with Crippen LogP contribution < -0.4 is 14.8 Å². The number of piperazine rings is 1. The molecule has 0 aliphatic carbocycles. The molecule has 1 saturated heterocycles. The Labute approximate surface area is 268 Å². The zero-order valence-electron chi connectivity index (χ0n) is 24.9. The molecule has 0 aromatic heterocycles. The molecule has 1 fully saturated rings. The fraction of sp³-hybridized carbons (Fsp3) is 0.194. The van der Waals surface area contributed by atoms with E-state index in [4.69, 9.17) is 4.74 Å². The molecule has 4 aromatic rings. The molecule has 1 atom stereocenters. The standard InChI is InChI=1S/C31H32N4O8S3/c1-23-13-18-30(43-2)28(21-23)33-44(37,38)25-16-14-24(15-17-25)32-31(36)29-22-34(45(39,40)26-9-5-3-6-10-26)19-20-35(29)46(41,42)27-11-7-4-8-12-27/h3-18,21,29,33H,19-20,22H2,1-2H3,(H,32,36)/t29-/m0/s1. The number of hydrogen-bond donors (Lipinski definition) is 2. The molecule has 1 aliphatic rings. The van der Waals surface area contributed by atoms with Gasteiger partial charge in [-0.1, -0.05) is 42.5 Å². The van der Waals surface area contributed by atoms with E-state index in [2.05, 4.69) is 10.0 Å². The maximum atomic E-state index is 13.7. The predicted octanol–water partition coefficient (Wildman–Crippen LogP) is 3.51. The predicted molar refractivity (Wildman–Crippen MR) is 173 cm³/mol. The van der Waals surface area contributed by atoms with Gasteiger partial charge in [-0.3, -0.25) is 9.52 Å². The summed E-state index contributed by atoms with van der Waals surface area (Å²) in [7, 11) is -10.9. The maximum Gasteiger partial charge on any atom is 0.262 e. The Balaban J connectivity index is 1.40. The highest BCUT2D eigenvalue weighted by atomic mass is 32.2. The smallest absolute Gasteiger partial charge is 0.262 e. The third-order valence-corrected chi connectivity index (χ3v) is 12.5. The number of sulfonamides is 3.